The summed E-state index contributed by atoms with van der Waals surface area (Å²) in [5.74, 6) is 0. The molecule has 0 aliphatic rings. The van der Waals surface area contributed by atoms with Crippen molar-refractivity contribution >= 4 is 0 Å². The second-order valence-corrected chi connectivity index (χ2v) is 3.23. The molecule has 0 spiro atoms. The molecular weight excluding hydrogens is 150 g/mol. The molecule has 0 bridgehead atoms. The molecule has 1 atom stereocenters. The van der Waals surface area contributed by atoms with Gasteiger partial charge < -0.3 is 10.3 Å². The molecule has 0 aliphatic carbocycles. The van der Waals surface area contributed by atoms with Crippen LogP contribution in [0.25, 0.3) is 0 Å². The maximum absolute atomic E-state index is 5.87. The van der Waals surface area contributed by atoms with E-state index in [9.17, 15) is 0 Å². The lowest BCUT2D eigenvalue weighted by molar-refractivity contribution is 0.696. The van der Waals surface area contributed by atoms with Crippen LogP contribution >= 0.6 is 0 Å². The van der Waals surface area contributed by atoms with Crippen LogP contribution < -0.4 is 5.73 Å². The summed E-state index contributed by atoms with van der Waals surface area (Å²) in [4.78, 5) is 4.17. The predicted octanol–water partition coefficient (Wildman–Crippen LogP) is 1.39. The maximum atomic E-state index is 5.87. The first-order valence-electron chi connectivity index (χ1n) is 3.97. The molecule has 12 heavy (non-hydrogen) atoms. The zero-order valence-electron chi connectivity index (χ0n) is 7.62. The molecule has 1 rings (SSSR count). The van der Waals surface area contributed by atoms with E-state index in [1.807, 2.05) is 24.7 Å². The monoisotopic (exact) mass is 165 g/mol. The van der Waals surface area contributed by atoms with Gasteiger partial charge in [-0.1, -0.05) is 5.57 Å². The molecule has 0 aromatic carbocycles. The number of hydrogen-bond donors (Lipinski definition) is 1. The second-order valence-electron chi connectivity index (χ2n) is 3.23. The lowest BCUT2D eigenvalue weighted by Gasteiger charge is -2.07. The summed E-state index contributed by atoms with van der Waals surface area (Å²) in [5.41, 5.74) is 7.89. The highest BCUT2D eigenvalue weighted by molar-refractivity contribution is 5.07. The van der Waals surface area contributed by atoms with Crippen LogP contribution in [0.4, 0.5) is 0 Å². The number of nitrogens with zero attached hydrogens (tertiary/aromatic N) is 2. The van der Waals surface area contributed by atoms with Gasteiger partial charge in [0.15, 0.2) is 0 Å². The van der Waals surface area contributed by atoms with Gasteiger partial charge in [-0.3, -0.25) is 0 Å². The van der Waals surface area contributed by atoms with E-state index in [1.165, 1.54) is 0 Å². The standard InChI is InChI=1S/C9H15N3/c1-7(2)4-8(10)9-5-12(3)6-11-9/h5-6,8H,1,4,10H2,2-3H3. The van der Waals surface area contributed by atoms with Crippen LogP contribution in [-0.4, -0.2) is 9.55 Å². The van der Waals surface area contributed by atoms with Crippen LogP contribution in [0.15, 0.2) is 24.7 Å². The lowest BCUT2D eigenvalue weighted by Crippen LogP contribution is -2.10. The fraction of sp³-hybridized carbons (Fsp3) is 0.444. The third-order valence-electron chi connectivity index (χ3n) is 1.67. The molecule has 3 heteroatoms. The Morgan fingerprint density at radius 3 is 2.92 bits per heavy atom. The molecule has 0 radical (unpaired) electrons. The Balaban J connectivity index is 2.64. The molecule has 0 amide bonds. The van der Waals surface area contributed by atoms with E-state index in [4.69, 9.17) is 5.73 Å². The number of imidazole rings is 1. The first kappa shape index (κ1) is 9.00. The van der Waals surface area contributed by atoms with Crippen LogP contribution in [0.2, 0.25) is 0 Å². The van der Waals surface area contributed by atoms with Crippen LogP contribution in [0.1, 0.15) is 25.1 Å². The Morgan fingerprint density at radius 2 is 2.50 bits per heavy atom. The molecule has 0 saturated carbocycles. The molecule has 66 valence electrons. The lowest BCUT2D eigenvalue weighted by atomic mass is 10.1. The molecular formula is C9H15N3. The molecule has 0 aliphatic heterocycles. The first-order valence-corrected chi connectivity index (χ1v) is 3.97. The van der Waals surface area contributed by atoms with Gasteiger partial charge in [-0.15, -0.1) is 6.58 Å². The summed E-state index contributed by atoms with van der Waals surface area (Å²) in [6, 6.07) is -0.0105. The highest BCUT2D eigenvalue weighted by atomic mass is 15.0. The Labute approximate surface area is 72.9 Å². The quantitative estimate of drug-likeness (QED) is 0.688. The van der Waals surface area contributed by atoms with Crippen molar-refractivity contribution in [2.45, 2.75) is 19.4 Å². The van der Waals surface area contributed by atoms with Gasteiger partial charge in [0.2, 0.25) is 0 Å². The van der Waals surface area contributed by atoms with Gasteiger partial charge >= 0.3 is 0 Å². The zero-order valence-corrected chi connectivity index (χ0v) is 7.62. The van der Waals surface area contributed by atoms with E-state index in [2.05, 4.69) is 11.6 Å². The maximum Gasteiger partial charge on any atom is 0.0947 e. The summed E-state index contributed by atoms with van der Waals surface area (Å²) in [7, 11) is 1.93. The SMILES string of the molecule is C=C(C)CC(N)c1cn(C)cn1. The van der Waals surface area contributed by atoms with Gasteiger partial charge in [0.1, 0.15) is 0 Å². The van der Waals surface area contributed by atoms with Gasteiger partial charge in [-0.2, -0.15) is 0 Å². The number of aromatic nitrogens is 2. The molecule has 2 N–H and O–H groups in total. The van der Waals surface area contributed by atoms with Gasteiger partial charge in [-0.05, 0) is 13.3 Å². The minimum Gasteiger partial charge on any atom is -0.340 e. The average Bonchev–Trinajstić information content (AvgIpc) is 2.34. The Bertz CT molecular complexity index is 275. The van der Waals surface area contributed by atoms with Crippen LogP contribution in [0.5, 0.6) is 0 Å². The summed E-state index contributed by atoms with van der Waals surface area (Å²) in [6.45, 7) is 5.79. The highest BCUT2D eigenvalue weighted by Gasteiger charge is 2.07. The van der Waals surface area contributed by atoms with Crippen molar-refractivity contribution in [2.24, 2.45) is 12.8 Å². The Hall–Kier alpha value is -1.09. The third kappa shape index (κ3) is 2.20. The van der Waals surface area contributed by atoms with E-state index < -0.39 is 0 Å². The minimum absolute atomic E-state index is 0.0105. The largest absolute Gasteiger partial charge is 0.340 e. The number of nitrogens with two attached hydrogens (primary N) is 1. The first-order chi connectivity index (χ1) is 5.59. The fourth-order valence-corrected chi connectivity index (χ4v) is 1.10. The van der Waals surface area contributed by atoms with Gasteiger partial charge in [0.25, 0.3) is 0 Å². The van der Waals surface area contributed by atoms with E-state index in [-0.39, 0.29) is 6.04 Å². The van der Waals surface area contributed by atoms with Crippen molar-refractivity contribution in [1.29, 1.82) is 0 Å². The molecule has 1 aromatic heterocycles. The summed E-state index contributed by atoms with van der Waals surface area (Å²) >= 11 is 0. The topological polar surface area (TPSA) is 43.8 Å². The average molecular weight is 165 g/mol. The van der Waals surface area contributed by atoms with Crippen LogP contribution in [0, 0.1) is 0 Å². The van der Waals surface area contributed by atoms with Crippen LogP contribution in [-0.2, 0) is 7.05 Å². The Kier molecular flexibility index (Phi) is 2.65. The van der Waals surface area contributed by atoms with E-state index in [0.717, 1.165) is 17.7 Å². The number of hydrogen-bond acceptors (Lipinski definition) is 2. The van der Waals surface area contributed by atoms with Crippen molar-refractivity contribution in [3.8, 4) is 0 Å². The van der Waals surface area contributed by atoms with E-state index in [1.54, 1.807) is 6.33 Å². The predicted molar refractivity (Wildman–Crippen MR) is 49.6 cm³/mol. The zero-order chi connectivity index (χ0) is 9.14. The van der Waals surface area contributed by atoms with Crippen molar-refractivity contribution in [2.75, 3.05) is 0 Å². The molecule has 0 fully saturated rings. The molecule has 1 aromatic rings. The van der Waals surface area contributed by atoms with Gasteiger partial charge in [0.05, 0.1) is 18.1 Å². The van der Waals surface area contributed by atoms with Crippen molar-refractivity contribution in [1.82, 2.24) is 9.55 Å². The van der Waals surface area contributed by atoms with Crippen LogP contribution in [0.3, 0.4) is 0 Å². The van der Waals surface area contributed by atoms with Crippen molar-refractivity contribution in [3.05, 3.63) is 30.4 Å². The normalized spacial score (nSPS) is 12.9. The highest BCUT2D eigenvalue weighted by Crippen LogP contribution is 2.14. The van der Waals surface area contributed by atoms with Crippen molar-refractivity contribution in [3.63, 3.8) is 0 Å². The summed E-state index contributed by atoms with van der Waals surface area (Å²) in [6.07, 6.45) is 4.50. The Morgan fingerprint density at radius 1 is 1.83 bits per heavy atom. The smallest absolute Gasteiger partial charge is 0.0947 e. The fourth-order valence-electron chi connectivity index (χ4n) is 1.10. The summed E-state index contributed by atoms with van der Waals surface area (Å²) in [5, 5.41) is 0. The van der Waals surface area contributed by atoms with Crippen molar-refractivity contribution < 1.29 is 0 Å². The van der Waals surface area contributed by atoms with E-state index in [0.29, 0.717) is 0 Å². The van der Waals surface area contributed by atoms with Gasteiger partial charge in [0, 0.05) is 13.2 Å². The summed E-state index contributed by atoms with van der Waals surface area (Å²) < 4.78 is 1.90. The number of aryl methyl sites for hydroxylation is 1. The molecule has 1 heterocycles. The van der Waals surface area contributed by atoms with Gasteiger partial charge in [-0.25, -0.2) is 4.98 Å². The minimum atomic E-state index is -0.0105. The third-order valence-corrected chi connectivity index (χ3v) is 1.67. The molecule has 0 saturated heterocycles. The van der Waals surface area contributed by atoms with E-state index >= 15 is 0 Å². The molecule has 1 unspecified atom stereocenters. The molecule has 3 nitrogen and oxygen atoms in total. The number of rotatable bonds is 3. The second kappa shape index (κ2) is 3.54.